The van der Waals surface area contributed by atoms with Gasteiger partial charge in [0, 0.05) is 12.6 Å². The standard InChI is InChI=1S/C8H13IN4/c1-5(2)7(12-10)6-4-11-13(3)8(6)9/h4,7,12H,1,10H2,2-3H3. The lowest BCUT2D eigenvalue weighted by Crippen LogP contribution is -2.28. The summed E-state index contributed by atoms with van der Waals surface area (Å²) in [5, 5.41) is 4.14. The first-order chi connectivity index (χ1) is 6.07. The first-order valence-electron chi connectivity index (χ1n) is 3.86. The monoisotopic (exact) mass is 292 g/mol. The van der Waals surface area contributed by atoms with Crippen molar-refractivity contribution in [1.82, 2.24) is 15.2 Å². The fraction of sp³-hybridized carbons (Fsp3) is 0.375. The fourth-order valence-electron chi connectivity index (χ4n) is 1.13. The lowest BCUT2D eigenvalue weighted by atomic mass is 10.1. The van der Waals surface area contributed by atoms with Crippen molar-refractivity contribution in [1.29, 1.82) is 0 Å². The van der Waals surface area contributed by atoms with E-state index in [4.69, 9.17) is 5.84 Å². The third kappa shape index (κ3) is 2.09. The Bertz CT molecular complexity index is 318. The van der Waals surface area contributed by atoms with Crippen LogP contribution in [0, 0.1) is 3.70 Å². The lowest BCUT2D eigenvalue weighted by molar-refractivity contribution is 0.622. The largest absolute Gasteiger partial charge is 0.271 e. The highest BCUT2D eigenvalue weighted by atomic mass is 127. The minimum Gasteiger partial charge on any atom is -0.271 e. The van der Waals surface area contributed by atoms with Gasteiger partial charge in [0.2, 0.25) is 0 Å². The van der Waals surface area contributed by atoms with Gasteiger partial charge in [0.1, 0.15) is 3.70 Å². The molecule has 1 aromatic heterocycles. The number of nitrogens with zero attached hydrogens (tertiary/aromatic N) is 2. The number of hydrazine groups is 1. The molecule has 0 aromatic carbocycles. The molecule has 1 heterocycles. The summed E-state index contributed by atoms with van der Waals surface area (Å²) in [6.07, 6.45) is 1.81. The van der Waals surface area contributed by atoms with Gasteiger partial charge in [0.15, 0.2) is 0 Å². The van der Waals surface area contributed by atoms with E-state index < -0.39 is 0 Å². The molecule has 4 nitrogen and oxygen atoms in total. The van der Waals surface area contributed by atoms with E-state index in [-0.39, 0.29) is 6.04 Å². The molecule has 0 fully saturated rings. The van der Waals surface area contributed by atoms with Gasteiger partial charge in [0.25, 0.3) is 0 Å². The van der Waals surface area contributed by atoms with E-state index in [0.717, 1.165) is 14.8 Å². The second-order valence-corrected chi connectivity index (χ2v) is 3.98. The van der Waals surface area contributed by atoms with Crippen molar-refractivity contribution in [2.24, 2.45) is 12.9 Å². The van der Waals surface area contributed by atoms with Crippen molar-refractivity contribution >= 4 is 22.6 Å². The molecule has 0 amide bonds. The predicted octanol–water partition coefficient (Wildman–Crippen LogP) is 1.11. The topological polar surface area (TPSA) is 55.9 Å². The SMILES string of the molecule is C=C(C)C(NN)c1cnn(C)c1I. The van der Waals surface area contributed by atoms with Crippen LogP contribution in [0.15, 0.2) is 18.3 Å². The Kier molecular flexibility index (Phi) is 3.46. The summed E-state index contributed by atoms with van der Waals surface area (Å²) in [5.74, 6) is 5.43. The van der Waals surface area contributed by atoms with Crippen molar-refractivity contribution in [3.05, 3.63) is 27.6 Å². The van der Waals surface area contributed by atoms with Crippen molar-refractivity contribution < 1.29 is 0 Å². The number of aryl methyl sites for hydroxylation is 1. The van der Waals surface area contributed by atoms with Crippen LogP contribution in [0.4, 0.5) is 0 Å². The zero-order chi connectivity index (χ0) is 10.0. The summed E-state index contributed by atoms with van der Waals surface area (Å²) < 4.78 is 2.88. The van der Waals surface area contributed by atoms with Gasteiger partial charge in [-0.2, -0.15) is 5.10 Å². The van der Waals surface area contributed by atoms with Crippen molar-refractivity contribution in [2.45, 2.75) is 13.0 Å². The van der Waals surface area contributed by atoms with Crippen LogP contribution in [0.5, 0.6) is 0 Å². The fourth-order valence-corrected chi connectivity index (χ4v) is 1.71. The molecule has 1 rings (SSSR count). The highest BCUT2D eigenvalue weighted by Gasteiger charge is 2.16. The molecule has 13 heavy (non-hydrogen) atoms. The van der Waals surface area contributed by atoms with Crippen LogP contribution in [-0.2, 0) is 7.05 Å². The Labute approximate surface area is 91.3 Å². The van der Waals surface area contributed by atoms with Gasteiger partial charge in [-0.1, -0.05) is 12.2 Å². The predicted molar refractivity (Wildman–Crippen MR) is 60.8 cm³/mol. The van der Waals surface area contributed by atoms with Crippen LogP contribution in [0.3, 0.4) is 0 Å². The highest BCUT2D eigenvalue weighted by Crippen LogP contribution is 2.23. The van der Waals surface area contributed by atoms with Gasteiger partial charge in [-0.05, 0) is 29.5 Å². The molecule has 72 valence electrons. The van der Waals surface area contributed by atoms with E-state index in [2.05, 4.69) is 39.7 Å². The molecule has 0 saturated carbocycles. The van der Waals surface area contributed by atoms with Crippen LogP contribution in [0.1, 0.15) is 18.5 Å². The lowest BCUT2D eigenvalue weighted by Gasteiger charge is -2.14. The molecule has 1 atom stereocenters. The van der Waals surface area contributed by atoms with Crippen LogP contribution in [0.2, 0.25) is 0 Å². The highest BCUT2D eigenvalue weighted by molar-refractivity contribution is 14.1. The second-order valence-electron chi connectivity index (χ2n) is 2.96. The summed E-state index contributed by atoms with van der Waals surface area (Å²) in [6, 6.07) is -0.0133. The summed E-state index contributed by atoms with van der Waals surface area (Å²) >= 11 is 2.24. The molecule has 0 bridgehead atoms. The average Bonchev–Trinajstić information content (AvgIpc) is 2.37. The van der Waals surface area contributed by atoms with E-state index in [0.29, 0.717) is 0 Å². The number of hydrogen-bond donors (Lipinski definition) is 2. The quantitative estimate of drug-likeness (QED) is 0.380. The summed E-state index contributed by atoms with van der Waals surface area (Å²) in [4.78, 5) is 0. The molecule has 3 N–H and O–H groups in total. The first-order valence-corrected chi connectivity index (χ1v) is 4.94. The number of halogens is 1. The molecule has 0 saturated heterocycles. The Morgan fingerprint density at radius 2 is 2.46 bits per heavy atom. The smallest absolute Gasteiger partial charge is 0.104 e. The van der Waals surface area contributed by atoms with Crippen molar-refractivity contribution in [3.63, 3.8) is 0 Å². The van der Waals surface area contributed by atoms with E-state index in [1.165, 1.54) is 0 Å². The van der Waals surface area contributed by atoms with E-state index in [1.807, 2.05) is 18.7 Å². The molecule has 0 aliphatic carbocycles. The van der Waals surface area contributed by atoms with Gasteiger partial charge < -0.3 is 0 Å². The van der Waals surface area contributed by atoms with Crippen molar-refractivity contribution in [2.75, 3.05) is 0 Å². The Morgan fingerprint density at radius 3 is 2.77 bits per heavy atom. The van der Waals surface area contributed by atoms with Gasteiger partial charge in [-0.15, -0.1) is 0 Å². The molecule has 5 heteroatoms. The Balaban J connectivity index is 3.05. The molecule has 0 aliphatic heterocycles. The maximum Gasteiger partial charge on any atom is 0.104 e. The van der Waals surface area contributed by atoms with Crippen LogP contribution < -0.4 is 11.3 Å². The number of aromatic nitrogens is 2. The minimum absolute atomic E-state index is 0.0133. The number of rotatable bonds is 3. The summed E-state index contributed by atoms with van der Waals surface area (Å²) in [6.45, 7) is 5.81. The molecule has 0 spiro atoms. The van der Waals surface area contributed by atoms with Crippen LogP contribution in [0.25, 0.3) is 0 Å². The average molecular weight is 292 g/mol. The zero-order valence-corrected chi connectivity index (χ0v) is 9.87. The molecule has 0 radical (unpaired) electrons. The van der Waals surface area contributed by atoms with Gasteiger partial charge in [-0.25, -0.2) is 5.43 Å². The van der Waals surface area contributed by atoms with E-state index in [1.54, 1.807) is 6.20 Å². The number of hydrogen-bond acceptors (Lipinski definition) is 3. The summed E-state index contributed by atoms with van der Waals surface area (Å²) in [5.41, 5.74) is 4.76. The van der Waals surface area contributed by atoms with E-state index >= 15 is 0 Å². The van der Waals surface area contributed by atoms with Gasteiger partial charge in [0.05, 0.1) is 12.2 Å². The third-order valence-corrected chi connectivity index (χ3v) is 3.18. The van der Waals surface area contributed by atoms with Gasteiger partial charge >= 0.3 is 0 Å². The number of nitrogens with two attached hydrogens (primary N) is 1. The Hall–Kier alpha value is -0.400. The first kappa shape index (κ1) is 10.7. The zero-order valence-electron chi connectivity index (χ0n) is 7.71. The maximum absolute atomic E-state index is 5.43. The second kappa shape index (κ2) is 4.21. The normalized spacial score (nSPS) is 12.9. The van der Waals surface area contributed by atoms with Crippen molar-refractivity contribution in [3.8, 4) is 0 Å². The third-order valence-electron chi connectivity index (χ3n) is 1.86. The number of nitrogens with one attached hydrogen (secondary N) is 1. The summed E-state index contributed by atoms with van der Waals surface area (Å²) in [7, 11) is 1.90. The van der Waals surface area contributed by atoms with Crippen LogP contribution in [-0.4, -0.2) is 9.78 Å². The molecule has 0 aliphatic rings. The molecular formula is C8H13IN4. The Morgan fingerprint density at radius 1 is 1.85 bits per heavy atom. The van der Waals surface area contributed by atoms with Gasteiger partial charge in [-0.3, -0.25) is 10.5 Å². The minimum atomic E-state index is -0.0133. The molecular weight excluding hydrogens is 279 g/mol. The maximum atomic E-state index is 5.43. The van der Waals surface area contributed by atoms with Crippen LogP contribution >= 0.6 is 22.6 Å². The molecule has 1 aromatic rings. The van der Waals surface area contributed by atoms with E-state index in [9.17, 15) is 0 Å². The molecule has 1 unspecified atom stereocenters.